The summed E-state index contributed by atoms with van der Waals surface area (Å²) in [6, 6.07) is 12.5. The summed E-state index contributed by atoms with van der Waals surface area (Å²) in [5, 5.41) is 14.7. The second-order valence-corrected chi connectivity index (χ2v) is 5.59. The maximum Gasteiger partial charge on any atom is 0.270 e. The summed E-state index contributed by atoms with van der Waals surface area (Å²) in [4.78, 5) is 10.4. The lowest BCUT2D eigenvalue weighted by molar-refractivity contribution is -0.385. The Bertz CT molecular complexity index is 634. The first-order chi connectivity index (χ1) is 9.56. The highest BCUT2D eigenvalue weighted by Crippen LogP contribution is 2.21. The van der Waals surface area contributed by atoms with E-state index in [2.05, 4.69) is 21.2 Å². The quantitative estimate of drug-likeness (QED) is 0.642. The number of nitro groups is 1. The zero-order chi connectivity index (χ0) is 14.5. The van der Waals surface area contributed by atoms with Gasteiger partial charge < -0.3 is 5.32 Å². The smallest absolute Gasteiger partial charge is 0.270 e. The van der Waals surface area contributed by atoms with Crippen molar-refractivity contribution in [1.29, 1.82) is 0 Å². The molecule has 0 aromatic heterocycles. The van der Waals surface area contributed by atoms with E-state index in [1.54, 1.807) is 6.07 Å². The molecule has 2 aromatic rings. The Morgan fingerprint density at radius 1 is 1.20 bits per heavy atom. The molecule has 0 aliphatic carbocycles. The molecule has 0 bridgehead atoms. The van der Waals surface area contributed by atoms with Crippen LogP contribution < -0.4 is 5.32 Å². The lowest BCUT2D eigenvalue weighted by Gasteiger charge is -2.07. The summed E-state index contributed by atoms with van der Waals surface area (Å²) in [6.07, 6.45) is 0. The standard InChI is InChI=1S/C14H12BrClN2O2/c15-12-5-10(6-13(7-12)18(19)20)8-17-9-11-3-1-2-4-14(11)16/h1-7,17H,8-9H2. The number of hydrogen-bond donors (Lipinski definition) is 1. The number of halogens is 2. The van der Waals surface area contributed by atoms with Crippen LogP contribution in [0.1, 0.15) is 11.1 Å². The largest absolute Gasteiger partial charge is 0.309 e. The number of nitro benzene ring substituents is 1. The van der Waals surface area contributed by atoms with Crippen LogP contribution in [-0.4, -0.2) is 4.92 Å². The predicted octanol–water partition coefficient (Wildman–Crippen LogP) is 4.30. The van der Waals surface area contributed by atoms with Crippen molar-refractivity contribution in [1.82, 2.24) is 5.32 Å². The number of rotatable bonds is 5. The lowest BCUT2D eigenvalue weighted by atomic mass is 10.2. The highest BCUT2D eigenvalue weighted by atomic mass is 79.9. The molecular weight excluding hydrogens is 344 g/mol. The molecule has 104 valence electrons. The fourth-order valence-corrected chi connectivity index (χ4v) is 2.56. The van der Waals surface area contributed by atoms with Crippen LogP contribution in [0.2, 0.25) is 5.02 Å². The Kier molecular flexibility index (Phi) is 5.11. The first kappa shape index (κ1) is 15.0. The van der Waals surface area contributed by atoms with Crippen LogP contribution in [0.3, 0.4) is 0 Å². The molecule has 0 fully saturated rings. The topological polar surface area (TPSA) is 55.2 Å². The van der Waals surface area contributed by atoms with Gasteiger partial charge >= 0.3 is 0 Å². The Labute approximate surface area is 130 Å². The van der Waals surface area contributed by atoms with Gasteiger partial charge in [-0.15, -0.1) is 0 Å². The first-order valence-electron chi connectivity index (χ1n) is 5.94. The first-order valence-corrected chi connectivity index (χ1v) is 7.11. The highest BCUT2D eigenvalue weighted by molar-refractivity contribution is 9.10. The fraction of sp³-hybridized carbons (Fsp3) is 0.143. The Morgan fingerprint density at radius 3 is 2.65 bits per heavy atom. The van der Waals surface area contributed by atoms with Gasteiger partial charge in [-0.25, -0.2) is 0 Å². The molecule has 0 heterocycles. The van der Waals surface area contributed by atoms with Crippen LogP contribution in [0, 0.1) is 10.1 Å². The SMILES string of the molecule is O=[N+]([O-])c1cc(Br)cc(CNCc2ccccc2Cl)c1. The van der Waals surface area contributed by atoms with Crippen LogP contribution in [-0.2, 0) is 13.1 Å². The van der Waals surface area contributed by atoms with Crippen LogP contribution in [0.15, 0.2) is 46.9 Å². The number of hydrogen-bond acceptors (Lipinski definition) is 3. The van der Waals surface area contributed by atoms with Gasteiger partial charge in [0.05, 0.1) is 4.92 Å². The third kappa shape index (κ3) is 4.03. The lowest BCUT2D eigenvalue weighted by Crippen LogP contribution is -2.13. The van der Waals surface area contributed by atoms with E-state index < -0.39 is 4.92 Å². The Hall–Kier alpha value is -1.43. The third-order valence-corrected chi connectivity index (χ3v) is 3.58. The molecule has 0 atom stereocenters. The average molecular weight is 356 g/mol. The van der Waals surface area contributed by atoms with Gasteiger partial charge in [0, 0.05) is 34.7 Å². The van der Waals surface area contributed by atoms with Crippen LogP contribution in [0.5, 0.6) is 0 Å². The zero-order valence-corrected chi connectivity index (χ0v) is 12.8. The molecule has 0 unspecified atom stereocenters. The van der Waals surface area contributed by atoms with Crippen molar-refractivity contribution < 1.29 is 4.92 Å². The molecule has 0 saturated carbocycles. The van der Waals surface area contributed by atoms with E-state index in [4.69, 9.17) is 11.6 Å². The normalized spacial score (nSPS) is 10.5. The van der Waals surface area contributed by atoms with E-state index in [1.165, 1.54) is 6.07 Å². The number of nitrogens with one attached hydrogen (secondary N) is 1. The molecule has 20 heavy (non-hydrogen) atoms. The minimum Gasteiger partial charge on any atom is -0.309 e. The molecule has 6 heteroatoms. The second kappa shape index (κ2) is 6.83. The summed E-state index contributed by atoms with van der Waals surface area (Å²) >= 11 is 9.34. The molecule has 2 aromatic carbocycles. The molecule has 0 spiro atoms. The molecule has 0 amide bonds. The second-order valence-electron chi connectivity index (χ2n) is 4.27. The van der Waals surface area contributed by atoms with Crippen molar-refractivity contribution in [3.8, 4) is 0 Å². The van der Waals surface area contributed by atoms with Crippen LogP contribution in [0.4, 0.5) is 5.69 Å². The van der Waals surface area contributed by atoms with Gasteiger partial charge in [0.25, 0.3) is 5.69 Å². The highest BCUT2D eigenvalue weighted by Gasteiger charge is 2.08. The predicted molar refractivity (Wildman–Crippen MR) is 82.8 cm³/mol. The molecule has 1 N–H and O–H groups in total. The van der Waals surface area contributed by atoms with Crippen molar-refractivity contribution in [3.63, 3.8) is 0 Å². The van der Waals surface area contributed by atoms with Crippen LogP contribution >= 0.6 is 27.5 Å². The summed E-state index contributed by atoms with van der Waals surface area (Å²) in [5.74, 6) is 0. The van der Waals surface area contributed by atoms with Gasteiger partial charge in [0.2, 0.25) is 0 Å². The van der Waals surface area contributed by atoms with Crippen LogP contribution in [0.25, 0.3) is 0 Å². The van der Waals surface area contributed by atoms with E-state index in [1.807, 2.05) is 30.3 Å². The number of nitrogens with zero attached hydrogens (tertiary/aromatic N) is 1. The fourth-order valence-electron chi connectivity index (χ4n) is 1.82. The monoisotopic (exact) mass is 354 g/mol. The van der Waals surface area contributed by atoms with Gasteiger partial charge in [0.15, 0.2) is 0 Å². The van der Waals surface area contributed by atoms with E-state index in [0.717, 1.165) is 11.1 Å². The number of non-ortho nitro benzene ring substituents is 1. The van der Waals surface area contributed by atoms with Crippen molar-refractivity contribution in [2.24, 2.45) is 0 Å². The van der Waals surface area contributed by atoms with Crippen molar-refractivity contribution in [2.75, 3.05) is 0 Å². The molecule has 0 aliphatic heterocycles. The van der Waals surface area contributed by atoms with Gasteiger partial charge in [-0.05, 0) is 23.3 Å². The molecule has 0 radical (unpaired) electrons. The van der Waals surface area contributed by atoms with E-state index >= 15 is 0 Å². The van der Waals surface area contributed by atoms with Gasteiger partial charge in [-0.2, -0.15) is 0 Å². The molecule has 4 nitrogen and oxygen atoms in total. The summed E-state index contributed by atoms with van der Waals surface area (Å²) < 4.78 is 0.696. The molecule has 0 saturated heterocycles. The number of benzene rings is 2. The minimum atomic E-state index is -0.400. The Morgan fingerprint density at radius 2 is 1.95 bits per heavy atom. The van der Waals surface area contributed by atoms with E-state index in [-0.39, 0.29) is 5.69 Å². The van der Waals surface area contributed by atoms with Gasteiger partial charge in [0.1, 0.15) is 0 Å². The molecule has 2 rings (SSSR count). The average Bonchev–Trinajstić information content (AvgIpc) is 2.40. The third-order valence-electron chi connectivity index (χ3n) is 2.76. The van der Waals surface area contributed by atoms with E-state index in [9.17, 15) is 10.1 Å². The molecule has 0 aliphatic rings. The Balaban J connectivity index is 2.01. The summed E-state index contributed by atoms with van der Waals surface area (Å²) in [7, 11) is 0. The molecular formula is C14H12BrClN2O2. The van der Waals surface area contributed by atoms with Gasteiger partial charge in [-0.1, -0.05) is 45.7 Å². The maximum atomic E-state index is 10.8. The van der Waals surface area contributed by atoms with Crippen molar-refractivity contribution >= 4 is 33.2 Å². The van der Waals surface area contributed by atoms with Gasteiger partial charge in [-0.3, -0.25) is 10.1 Å². The zero-order valence-electron chi connectivity index (χ0n) is 10.5. The van der Waals surface area contributed by atoms with Crippen molar-refractivity contribution in [3.05, 3.63) is 73.2 Å². The summed E-state index contributed by atoms with van der Waals surface area (Å²) in [6.45, 7) is 1.14. The minimum absolute atomic E-state index is 0.0777. The van der Waals surface area contributed by atoms with Crippen molar-refractivity contribution in [2.45, 2.75) is 13.1 Å². The summed E-state index contributed by atoms with van der Waals surface area (Å²) in [5.41, 5.74) is 1.92. The maximum absolute atomic E-state index is 10.8. The van der Waals surface area contributed by atoms with E-state index in [0.29, 0.717) is 22.6 Å².